The van der Waals surface area contributed by atoms with Gasteiger partial charge in [-0.05, 0) is 56.3 Å². The number of hydrazine groups is 1. The number of likely N-dealkylation sites (tertiary alicyclic amines) is 1. The lowest BCUT2D eigenvalue weighted by Gasteiger charge is -2.31. The van der Waals surface area contributed by atoms with E-state index in [0.29, 0.717) is 5.56 Å². The van der Waals surface area contributed by atoms with Gasteiger partial charge in [-0.1, -0.05) is 42.4 Å². The van der Waals surface area contributed by atoms with Crippen molar-refractivity contribution >= 4 is 34.6 Å². The number of likely N-dealkylation sites (N-methyl/N-ethyl adjacent to an activating group) is 1. The number of rotatable bonds is 5. The number of carbonyl (C=O) groups is 2. The van der Waals surface area contributed by atoms with Gasteiger partial charge in [-0.15, -0.1) is 0 Å². The van der Waals surface area contributed by atoms with E-state index >= 15 is 0 Å². The van der Waals surface area contributed by atoms with Crippen LogP contribution in [0, 0.1) is 0 Å². The molecule has 3 N–H and O–H groups in total. The van der Waals surface area contributed by atoms with Crippen LogP contribution in [0.15, 0.2) is 53.7 Å². The molecule has 0 bridgehead atoms. The normalized spacial score (nSPS) is 17.0. The monoisotopic (exact) mass is 423 g/mol. The van der Waals surface area contributed by atoms with E-state index in [1.807, 2.05) is 48.3 Å². The third kappa shape index (κ3) is 4.83. The van der Waals surface area contributed by atoms with Gasteiger partial charge in [0.25, 0.3) is 11.8 Å². The van der Waals surface area contributed by atoms with E-state index in [1.54, 1.807) is 23.9 Å². The van der Waals surface area contributed by atoms with Gasteiger partial charge in [0.15, 0.2) is 5.16 Å². The molecular weight excluding hydrogens is 398 g/mol. The van der Waals surface area contributed by atoms with Crippen molar-refractivity contribution in [3.8, 4) is 0 Å². The summed E-state index contributed by atoms with van der Waals surface area (Å²) >= 11 is 1.61. The molecule has 1 atom stereocenters. The van der Waals surface area contributed by atoms with Gasteiger partial charge in [0.2, 0.25) is 0 Å². The number of aromatic nitrogens is 2. The summed E-state index contributed by atoms with van der Waals surface area (Å²) in [6, 6.07) is 15.1. The third-order valence-electron chi connectivity index (χ3n) is 5.33. The summed E-state index contributed by atoms with van der Waals surface area (Å²) in [6.45, 7) is 0.902. The molecule has 8 heteroatoms. The molecule has 1 unspecified atom stereocenters. The number of piperidine rings is 1. The molecule has 1 aromatic heterocycles. The SMILES string of the molecule is CN1CCCCC1C(=O)NNC(=O)c1ccc(CSc2nc3ccccc3[nH]2)cc1. The Bertz CT molecular complexity index is 1000. The van der Waals surface area contributed by atoms with Crippen LogP contribution in [0.3, 0.4) is 0 Å². The molecule has 30 heavy (non-hydrogen) atoms. The van der Waals surface area contributed by atoms with Gasteiger partial charge >= 0.3 is 0 Å². The topological polar surface area (TPSA) is 90.1 Å². The third-order valence-corrected chi connectivity index (χ3v) is 6.28. The van der Waals surface area contributed by atoms with Gasteiger partial charge in [-0.3, -0.25) is 25.3 Å². The molecule has 1 aliphatic heterocycles. The number of para-hydroxylation sites is 2. The Balaban J connectivity index is 1.28. The number of nitrogens with one attached hydrogen (secondary N) is 3. The highest BCUT2D eigenvalue weighted by Crippen LogP contribution is 2.23. The van der Waals surface area contributed by atoms with Crippen LogP contribution in [0.25, 0.3) is 11.0 Å². The van der Waals surface area contributed by atoms with Crippen molar-refractivity contribution in [3.05, 3.63) is 59.7 Å². The largest absolute Gasteiger partial charge is 0.333 e. The molecular formula is C22H25N5O2S. The number of hydrogen-bond acceptors (Lipinski definition) is 5. The molecule has 1 saturated heterocycles. The zero-order valence-corrected chi connectivity index (χ0v) is 17.7. The summed E-state index contributed by atoms with van der Waals surface area (Å²) in [6.07, 6.45) is 2.95. The fourth-order valence-corrected chi connectivity index (χ4v) is 4.42. The molecule has 2 aromatic carbocycles. The highest BCUT2D eigenvalue weighted by molar-refractivity contribution is 7.98. The van der Waals surface area contributed by atoms with E-state index in [-0.39, 0.29) is 17.9 Å². The molecule has 156 valence electrons. The molecule has 2 amide bonds. The van der Waals surface area contributed by atoms with E-state index < -0.39 is 0 Å². The fourth-order valence-electron chi connectivity index (χ4n) is 3.58. The van der Waals surface area contributed by atoms with Crippen molar-refractivity contribution in [2.75, 3.05) is 13.6 Å². The Labute approximate surface area is 179 Å². The van der Waals surface area contributed by atoms with Crippen LogP contribution in [-0.2, 0) is 10.5 Å². The average Bonchev–Trinajstić information content (AvgIpc) is 3.19. The van der Waals surface area contributed by atoms with E-state index in [9.17, 15) is 9.59 Å². The Morgan fingerprint density at radius 2 is 1.93 bits per heavy atom. The summed E-state index contributed by atoms with van der Waals surface area (Å²) in [7, 11) is 1.94. The van der Waals surface area contributed by atoms with Gasteiger partial charge in [0.1, 0.15) is 0 Å². The van der Waals surface area contributed by atoms with Gasteiger partial charge in [-0.25, -0.2) is 4.98 Å². The predicted molar refractivity (Wildman–Crippen MR) is 118 cm³/mol. The van der Waals surface area contributed by atoms with Crippen LogP contribution in [0.1, 0.15) is 35.2 Å². The van der Waals surface area contributed by atoms with Crippen molar-refractivity contribution in [1.29, 1.82) is 0 Å². The molecule has 2 heterocycles. The molecule has 0 aliphatic carbocycles. The van der Waals surface area contributed by atoms with Gasteiger partial charge in [0.05, 0.1) is 17.1 Å². The van der Waals surface area contributed by atoms with Crippen LogP contribution in [0.4, 0.5) is 0 Å². The maximum atomic E-state index is 12.3. The average molecular weight is 424 g/mol. The lowest BCUT2D eigenvalue weighted by molar-refractivity contribution is -0.127. The molecule has 3 aromatic rings. The number of hydrogen-bond donors (Lipinski definition) is 3. The lowest BCUT2D eigenvalue weighted by Crippen LogP contribution is -2.52. The minimum atomic E-state index is -0.321. The quantitative estimate of drug-likeness (QED) is 0.433. The minimum absolute atomic E-state index is 0.163. The molecule has 4 rings (SSSR count). The summed E-state index contributed by atoms with van der Waals surface area (Å²) in [5.74, 6) is 0.259. The number of fused-ring (bicyclic) bond motifs is 1. The molecule has 1 aliphatic rings. The van der Waals surface area contributed by atoms with Crippen LogP contribution in [0.5, 0.6) is 0 Å². The van der Waals surface area contributed by atoms with E-state index in [1.165, 1.54) is 0 Å². The van der Waals surface area contributed by atoms with E-state index in [4.69, 9.17) is 0 Å². The van der Waals surface area contributed by atoms with Crippen molar-refractivity contribution in [2.24, 2.45) is 0 Å². The smallest absolute Gasteiger partial charge is 0.269 e. The fraction of sp³-hybridized carbons (Fsp3) is 0.318. The maximum Gasteiger partial charge on any atom is 0.269 e. The number of aromatic amines is 1. The summed E-state index contributed by atoms with van der Waals surface area (Å²) in [4.78, 5) is 34.5. The van der Waals surface area contributed by atoms with E-state index in [2.05, 4.69) is 20.8 Å². The van der Waals surface area contributed by atoms with Crippen LogP contribution in [-0.4, -0.2) is 46.3 Å². The maximum absolute atomic E-state index is 12.3. The first-order valence-electron chi connectivity index (χ1n) is 10.1. The zero-order valence-electron chi connectivity index (χ0n) is 16.9. The second-order valence-electron chi connectivity index (χ2n) is 7.48. The van der Waals surface area contributed by atoms with Crippen molar-refractivity contribution in [1.82, 2.24) is 25.7 Å². The van der Waals surface area contributed by atoms with Crippen molar-refractivity contribution < 1.29 is 9.59 Å². The molecule has 0 spiro atoms. The van der Waals surface area contributed by atoms with Crippen molar-refractivity contribution in [3.63, 3.8) is 0 Å². The highest BCUT2D eigenvalue weighted by atomic mass is 32.2. The summed E-state index contributed by atoms with van der Waals surface area (Å²) in [5, 5.41) is 0.869. The Morgan fingerprint density at radius 1 is 1.13 bits per heavy atom. The Kier molecular flexibility index (Phi) is 6.35. The second-order valence-corrected chi connectivity index (χ2v) is 8.44. The molecule has 0 radical (unpaired) electrons. The van der Waals surface area contributed by atoms with Crippen LogP contribution >= 0.6 is 11.8 Å². The first-order chi connectivity index (χ1) is 14.6. The second kappa shape index (κ2) is 9.32. The molecule has 7 nitrogen and oxygen atoms in total. The Morgan fingerprint density at radius 3 is 2.70 bits per heavy atom. The van der Waals surface area contributed by atoms with Gasteiger partial charge in [0, 0.05) is 11.3 Å². The summed E-state index contributed by atoms with van der Waals surface area (Å²) < 4.78 is 0. The number of amides is 2. The van der Waals surface area contributed by atoms with Crippen LogP contribution in [0.2, 0.25) is 0 Å². The number of nitrogens with zero attached hydrogens (tertiary/aromatic N) is 2. The molecule has 0 saturated carbocycles. The lowest BCUT2D eigenvalue weighted by atomic mass is 10.0. The number of carbonyl (C=O) groups excluding carboxylic acids is 2. The summed E-state index contributed by atoms with van der Waals surface area (Å²) in [5.41, 5.74) is 8.65. The van der Waals surface area contributed by atoms with Crippen LogP contribution < -0.4 is 10.9 Å². The Hall–Kier alpha value is -2.84. The van der Waals surface area contributed by atoms with Gasteiger partial charge < -0.3 is 4.98 Å². The minimum Gasteiger partial charge on any atom is -0.333 e. The first-order valence-corrected chi connectivity index (χ1v) is 11.1. The number of benzene rings is 2. The van der Waals surface area contributed by atoms with Crippen molar-refractivity contribution in [2.45, 2.75) is 36.2 Å². The highest BCUT2D eigenvalue weighted by Gasteiger charge is 2.26. The number of imidazole rings is 1. The number of thioether (sulfide) groups is 1. The predicted octanol–water partition coefficient (Wildman–Crippen LogP) is 3.10. The first kappa shape index (κ1) is 20.4. The zero-order chi connectivity index (χ0) is 20.9. The molecule has 1 fully saturated rings. The van der Waals surface area contributed by atoms with Gasteiger partial charge in [-0.2, -0.15) is 0 Å². The van der Waals surface area contributed by atoms with E-state index in [0.717, 1.165) is 53.3 Å². The number of H-pyrrole nitrogens is 1. The standard InChI is InChI=1S/C22H25N5O2S/c1-27-13-5-4-8-19(27)21(29)26-25-20(28)16-11-9-15(10-12-16)14-30-22-23-17-6-2-3-7-18(17)24-22/h2-3,6-7,9-12,19H,4-5,8,13-14H2,1H3,(H,23,24)(H,25,28)(H,26,29).